The van der Waals surface area contributed by atoms with E-state index in [4.69, 9.17) is 20.2 Å². The maximum atomic E-state index is 13.6. The first-order chi connectivity index (χ1) is 24.6. The highest BCUT2D eigenvalue weighted by Gasteiger charge is 2.45. The van der Waals surface area contributed by atoms with Crippen molar-refractivity contribution in [3.8, 4) is 22.9 Å². The monoisotopic (exact) mass is 695 g/mol. The number of ether oxygens (including phenoxy) is 2. The summed E-state index contributed by atoms with van der Waals surface area (Å²) < 4.78 is 12.5. The van der Waals surface area contributed by atoms with E-state index >= 15 is 0 Å². The third-order valence-electron chi connectivity index (χ3n) is 10.3. The number of fused-ring (bicyclic) bond motifs is 5. The van der Waals surface area contributed by atoms with Crippen molar-refractivity contribution in [1.29, 1.82) is 0 Å². The predicted molar refractivity (Wildman–Crippen MR) is 187 cm³/mol. The van der Waals surface area contributed by atoms with Crippen LogP contribution >= 0.6 is 0 Å². The summed E-state index contributed by atoms with van der Waals surface area (Å²) in [6.45, 7) is 5.28. The molecule has 51 heavy (non-hydrogen) atoms. The molecule has 266 valence electrons. The summed E-state index contributed by atoms with van der Waals surface area (Å²) in [6, 6.07) is 13.7. The van der Waals surface area contributed by atoms with Gasteiger partial charge in [0.1, 0.15) is 18.1 Å². The van der Waals surface area contributed by atoms with Crippen LogP contribution < -0.4 is 16.0 Å². The SMILES string of the molecule is CC[C@@]1(O)C(=O)OCc2c1cc1n(c2=O)Cc2cc3c(CN4CCN(C(=O)CCCCCOc5ccc(C(N)=O)cc5)CC4)c(O)ccc3nc2-1. The Hall–Kier alpha value is -5.27. The summed E-state index contributed by atoms with van der Waals surface area (Å²) >= 11 is 0. The highest BCUT2D eigenvalue weighted by molar-refractivity contribution is 5.93. The fourth-order valence-electron chi connectivity index (χ4n) is 7.26. The number of amides is 2. The van der Waals surface area contributed by atoms with Crippen molar-refractivity contribution in [3.05, 3.63) is 86.7 Å². The number of phenolic OH excluding ortho intramolecular Hbond substituents is 1. The highest BCUT2D eigenvalue weighted by atomic mass is 16.6. The second-order valence-electron chi connectivity index (χ2n) is 13.4. The number of hydrogen-bond acceptors (Lipinski definition) is 10. The minimum atomic E-state index is -1.89. The lowest BCUT2D eigenvalue weighted by molar-refractivity contribution is -0.172. The second-order valence-corrected chi connectivity index (χ2v) is 13.4. The van der Waals surface area contributed by atoms with Gasteiger partial charge in [-0.2, -0.15) is 0 Å². The number of aliphatic hydroxyl groups is 1. The van der Waals surface area contributed by atoms with E-state index in [-0.39, 0.29) is 47.9 Å². The lowest BCUT2D eigenvalue weighted by Crippen LogP contribution is -2.48. The summed E-state index contributed by atoms with van der Waals surface area (Å²) in [5.41, 5.74) is 7.37. The molecule has 2 aromatic heterocycles. The Labute approximate surface area is 294 Å². The average Bonchev–Trinajstić information content (AvgIpc) is 3.50. The number of piperazine rings is 1. The lowest BCUT2D eigenvalue weighted by Gasteiger charge is -2.35. The number of rotatable bonds is 11. The first kappa shape index (κ1) is 34.2. The van der Waals surface area contributed by atoms with E-state index in [1.807, 2.05) is 11.0 Å². The van der Waals surface area contributed by atoms with Gasteiger partial charge in [-0.3, -0.25) is 19.3 Å². The number of aromatic nitrogens is 2. The van der Waals surface area contributed by atoms with Gasteiger partial charge in [-0.05, 0) is 74.2 Å². The maximum Gasteiger partial charge on any atom is 0.343 e. The minimum absolute atomic E-state index is 0.0696. The van der Waals surface area contributed by atoms with E-state index in [2.05, 4.69) is 4.90 Å². The van der Waals surface area contributed by atoms with Crippen LogP contribution in [0.15, 0.2) is 53.3 Å². The Morgan fingerprint density at radius 2 is 1.78 bits per heavy atom. The topological polar surface area (TPSA) is 178 Å². The van der Waals surface area contributed by atoms with Crippen LogP contribution in [0.4, 0.5) is 0 Å². The molecule has 2 amide bonds. The zero-order valence-corrected chi connectivity index (χ0v) is 28.5. The molecule has 4 N–H and O–H groups in total. The number of unbranched alkanes of at least 4 members (excludes halogenated alkanes) is 2. The molecule has 1 fully saturated rings. The van der Waals surface area contributed by atoms with Crippen molar-refractivity contribution in [2.24, 2.45) is 5.73 Å². The van der Waals surface area contributed by atoms with Gasteiger partial charge >= 0.3 is 5.97 Å². The van der Waals surface area contributed by atoms with E-state index < -0.39 is 17.5 Å². The van der Waals surface area contributed by atoms with Gasteiger partial charge in [-0.1, -0.05) is 6.92 Å². The Morgan fingerprint density at radius 1 is 1.02 bits per heavy atom. The normalized spacial score (nSPS) is 18.2. The Bertz CT molecular complexity index is 2090. The van der Waals surface area contributed by atoms with E-state index in [1.165, 1.54) is 0 Å². The number of esters is 1. The highest BCUT2D eigenvalue weighted by Crippen LogP contribution is 2.40. The number of carbonyl (C=O) groups excluding carboxylic acids is 3. The number of cyclic esters (lactones) is 1. The van der Waals surface area contributed by atoms with Crippen LogP contribution in [0.3, 0.4) is 0 Å². The summed E-state index contributed by atoms with van der Waals surface area (Å²) in [7, 11) is 0. The molecule has 0 unspecified atom stereocenters. The van der Waals surface area contributed by atoms with Crippen molar-refractivity contribution in [2.75, 3.05) is 32.8 Å². The number of nitrogens with two attached hydrogens (primary N) is 1. The number of aromatic hydroxyl groups is 1. The molecule has 5 heterocycles. The Kier molecular flexibility index (Phi) is 9.25. The van der Waals surface area contributed by atoms with Gasteiger partial charge in [0.15, 0.2) is 5.60 Å². The standard InChI is InChI=1S/C38H41N5O8/c1-2-38(49)29-19-31-34-24(20-43(31)36(47)28(29)22-51-37(38)48)18-26-27(32(44)12-11-30(26)40-34)21-41-13-15-42(16-14-41)33(45)6-4-3-5-17-50-25-9-7-23(8-10-25)35(39)46/h7-12,18-19,44,49H,2-6,13-17,20-22H2,1H3,(H2,39,46)/t38-/m0/s1. The minimum Gasteiger partial charge on any atom is -0.508 e. The fourth-order valence-corrected chi connectivity index (χ4v) is 7.26. The number of hydrogen-bond donors (Lipinski definition) is 3. The smallest absolute Gasteiger partial charge is 0.343 e. The van der Waals surface area contributed by atoms with Crippen LogP contribution in [0, 0.1) is 0 Å². The molecular weight excluding hydrogens is 654 g/mol. The molecule has 0 bridgehead atoms. The Morgan fingerprint density at radius 3 is 2.51 bits per heavy atom. The third-order valence-corrected chi connectivity index (χ3v) is 10.3. The number of nitrogens with zero attached hydrogens (tertiary/aromatic N) is 4. The van der Waals surface area contributed by atoms with Gasteiger partial charge < -0.3 is 34.9 Å². The molecule has 3 aliphatic heterocycles. The van der Waals surface area contributed by atoms with E-state index in [1.54, 1.807) is 54.0 Å². The fraction of sp³-hybridized carbons (Fsp3) is 0.395. The number of carbonyl (C=O) groups is 3. The van der Waals surface area contributed by atoms with Gasteiger partial charge in [0.2, 0.25) is 11.8 Å². The predicted octanol–water partition coefficient (Wildman–Crippen LogP) is 3.17. The number of benzene rings is 2. The van der Waals surface area contributed by atoms with Crippen molar-refractivity contribution in [3.63, 3.8) is 0 Å². The largest absolute Gasteiger partial charge is 0.508 e. The molecule has 13 nitrogen and oxygen atoms in total. The first-order valence-electron chi connectivity index (χ1n) is 17.4. The Balaban J connectivity index is 0.957. The number of primary amides is 1. The molecule has 1 saturated heterocycles. The third kappa shape index (κ3) is 6.43. The summed E-state index contributed by atoms with van der Waals surface area (Å²) in [4.78, 5) is 59.2. The second kappa shape index (κ2) is 13.8. The van der Waals surface area contributed by atoms with E-state index in [9.17, 15) is 29.4 Å². The van der Waals surface area contributed by atoms with E-state index in [0.717, 1.165) is 35.8 Å². The van der Waals surface area contributed by atoms with Crippen LogP contribution in [0.2, 0.25) is 0 Å². The van der Waals surface area contributed by atoms with Crippen molar-refractivity contribution in [1.82, 2.24) is 19.4 Å². The zero-order chi connectivity index (χ0) is 35.9. The molecule has 0 aliphatic carbocycles. The number of phenols is 1. The van der Waals surface area contributed by atoms with E-state index in [0.29, 0.717) is 74.0 Å². The lowest BCUT2D eigenvalue weighted by atomic mass is 9.86. The molecule has 4 aromatic rings. The van der Waals surface area contributed by atoms with Crippen LogP contribution in [0.5, 0.6) is 11.5 Å². The molecule has 2 aromatic carbocycles. The quantitative estimate of drug-likeness (QED) is 0.137. The van der Waals surface area contributed by atoms with Gasteiger partial charge in [0.05, 0.1) is 35.6 Å². The van der Waals surface area contributed by atoms with Crippen LogP contribution in [0.25, 0.3) is 22.3 Å². The molecule has 1 atom stereocenters. The summed E-state index contributed by atoms with van der Waals surface area (Å²) in [6.07, 6.45) is 2.99. The van der Waals surface area contributed by atoms with Crippen molar-refractivity contribution >= 4 is 28.7 Å². The van der Waals surface area contributed by atoms with Gasteiger partial charge in [-0.15, -0.1) is 0 Å². The van der Waals surface area contributed by atoms with Gasteiger partial charge in [0, 0.05) is 66.8 Å². The molecule has 7 rings (SSSR count). The van der Waals surface area contributed by atoms with Crippen LogP contribution in [-0.4, -0.2) is 80.1 Å². The molecular formula is C38H41N5O8. The van der Waals surface area contributed by atoms with Crippen molar-refractivity contribution in [2.45, 2.75) is 64.3 Å². The molecule has 0 saturated carbocycles. The van der Waals surface area contributed by atoms with Crippen molar-refractivity contribution < 1.29 is 34.1 Å². The first-order valence-corrected chi connectivity index (χ1v) is 17.4. The molecule has 0 radical (unpaired) electrons. The number of pyridine rings is 2. The molecule has 13 heteroatoms. The van der Waals surface area contributed by atoms with Crippen LogP contribution in [0.1, 0.15) is 71.6 Å². The van der Waals surface area contributed by atoms with Gasteiger partial charge in [-0.25, -0.2) is 9.78 Å². The zero-order valence-electron chi connectivity index (χ0n) is 28.5. The summed E-state index contributed by atoms with van der Waals surface area (Å²) in [5.74, 6) is -0.276. The maximum absolute atomic E-state index is 13.6. The molecule has 3 aliphatic rings. The van der Waals surface area contributed by atoms with Crippen LogP contribution in [-0.2, 0) is 39.6 Å². The average molecular weight is 696 g/mol. The summed E-state index contributed by atoms with van der Waals surface area (Å²) in [5, 5.41) is 22.9. The van der Waals surface area contributed by atoms with Gasteiger partial charge in [0.25, 0.3) is 5.56 Å². The molecule has 0 spiro atoms.